The SMILES string of the molecule is C.CCOC(=O)Cc1ccc2c(c1)[nH]c1ccc(Cl)cc12. The number of aromatic nitrogens is 1. The van der Waals surface area contributed by atoms with Gasteiger partial charge in [0.2, 0.25) is 0 Å². The zero-order valence-electron chi connectivity index (χ0n) is 11.1. The van der Waals surface area contributed by atoms with Crippen LogP contribution in [0.1, 0.15) is 19.9 Å². The number of nitrogens with one attached hydrogen (secondary N) is 1. The number of rotatable bonds is 3. The lowest BCUT2D eigenvalue weighted by Crippen LogP contribution is -2.07. The Balaban J connectivity index is 0.00000161. The standard InChI is InChI=1S/C16H14ClNO2.CH4/c1-2-20-16(19)8-10-3-5-12-13-9-11(17)4-6-14(13)18-15(12)7-10;/h3-7,9,18H,2,8H2,1H3;1H4. The van der Waals surface area contributed by atoms with Crippen molar-refractivity contribution in [2.45, 2.75) is 20.8 Å². The van der Waals surface area contributed by atoms with Crippen molar-refractivity contribution in [3.8, 4) is 0 Å². The van der Waals surface area contributed by atoms with E-state index < -0.39 is 0 Å². The number of carbonyl (C=O) groups is 1. The van der Waals surface area contributed by atoms with Crippen molar-refractivity contribution in [3.63, 3.8) is 0 Å². The molecule has 110 valence electrons. The van der Waals surface area contributed by atoms with Crippen LogP contribution in [0.2, 0.25) is 5.02 Å². The lowest BCUT2D eigenvalue weighted by molar-refractivity contribution is -0.142. The molecule has 0 radical (unpaired) electrons. The molecule has 0 aliphatic carbocycles. The highest BCUT2D eigenvalue weighted by Crippen LogP contribution is 2.28. The van der Waals surface area contributed by atoms with E-state index in [4.69, 9.17) is 16.3 Å². The summed E-state index contributed by atoms with van der Waals surface area (Å²) in [6.07, 6.45) is 0.292. The van der Waals surface area contributed by atoms with Gasteiger partial charge in [0.15, 0.2) is 0 Å². The van der Waals surface area contributed by atoms with Crippen LogP contribution in [0.5, 0.6) is 0 Å². The van der Waals surface area contributed by atoms with Gasteiger partial charge < -0.3 is 9.72 Å². The second-order valence-corrected chi connectivity index (χ2v) is 5.11. The smallest absolute Gasteiger partial charge is 0.310 e. The van der Waals surface area contributed by atoms with Crippen molar-refractivity contribution in [2.24, 2.45) is 0 Å². The predicted molar refractivity (Wildman–Crippen MR) is 87.9 cm³/mol. The maximum absolute atomic E-state index is 11.5. The van der Waals surface area contributed by atoms with E-state index in [1.54, 1.807) is 0 Å². The molecule has 0 saturated carbocycles. The van der Waals surface area contributed by atoms with Crippen LogP contribution in [0.15, 0.2) is 36.4 Å². The van der Waals surface area contributed by atoms with Crippen molar-refractivity contribution in [1.29, 1.82) is 0 Å². The molecule has 1 aromatic heterocycles. The van der Waals surface area contributed by atoms with Crippen LogP contribution < -0.4 is 0 Å². The molecule has 1 N–H and O–H groups in total. The molecule has 3 nitrogen and oxygen atoms in total. The fourth-order valence-electron chi connectivity index (χ4n) is 2.41. The number of hydrogen-bond donors (Lipinski definition) is 1. The molecule has 0 aliphatic heterocycles. The van der Waals surface area contributed by atoms with Crippen molar-refractivity contribution in [1.82, 2.24) is 4.98 Å². The number of aromatic amines is 1. The Hall–Kier alpha value is -2.00. The molecule has 3 rings (SSSR count). The third-order valence-corrected chi connectivity index (χ3v) is 3.51. The number of ether oxygens (including phenoxy) is 1. The molecule has 21 heavy (non-hydrogen) atoms. The number of fused-ring (bicyclic) bond motifs is 3. The molecular weight excluding hydrogens is 286 g/mol. The lowest BCUT2D eigenvalue weighted by Gasteiger charge is -2.02. The van der Waals surface area contributed by atoms with Gasteiger partial charge in [-0.1, -0.05) is 31.2 Å². The summed E-state index contributed by atoms with van der Waals surface area (Å²) < 4.78 is 4.97. The third-order valence-electron chi connectivity index (χ3n) is 3.28. The van der Waals surface area contributed by atoms with Crippen LogP contribution in [-0.2, 0) is 16.0 Å². The monoisotopic (exact) mass is 303 g/mol. The van der Waals surface area contributed by atoms with E-state index in [2.05, 4.69) is 4.98 Å². The normalized spacial score (nSPS) is 10.6. The zero-order valence-corrected chi connectivity index (χ0v) is 11.8. The molecule has 0 unspecified atom stereocenters. The van der Waals surface area contributed by atoms with Crippen LogP contribution in [0.25, 0.3) is 21.8 Å². The van der Waals surface area contributed by atoms with E-state index >= 15 is 0 Å². The summed E-state index contributed by atoms with van der Waals surface area (Å²) in [5, 5.41) is 2.92. The van der Waals surface area contributed by atoms with Crippen molar-refractivity contribution >= 4 is 39.4 Å². The van der Waals surface area contributed by atoms with E-state index in [9.17, 15) is 4.79 Å². The second kappa shape index (κ2) is 6.19. The van der Waals surface area contributed by atoms with Gasteiger partial charge in [-0.15, -0.1) is 0 Å². The summed E-state index contributed by atoms with van der Waals surface area (Å²) in [5.74, 6) is -0.203. The van der Waals surface area contributed by atoms with Gasteiger partial charge in [0.1, 0.15) is 0 Å². The lowest BCUT2D eigenvalue weighted by atomic mass is 10.1. The van der Waals surface area contributed by atoms with E-state index in [-0.39, 0.29) is 13.4 Å². The molecular formula is C17H18ClNO2. The van der Waals surface area contributed by atoms with Crippen LogP contribution in [0.4, 0.5) is 0 Å². The molecule has 4 heteroatoms. The maximum atomic E-state index is 11.5. The summed E-state index contributed by atoms with van der Waals surface area (Å²) in [7, 11) is 0. The molecule has 0 atom stereocenters. The maximum Gasteiger partial charge on any atom is 0.310 e. The summed E-state index contributed by atoms with van der Waals surface area (Å²) in [6.45, 7) is 2.22. The summed E-state index contributed by atoms with van der Waals surface area (Å²) in [6, 6.07) is 11.7. The first-order valence-corrected chi connectivity index (χ1v) is 6.90. The van der Waals surface area contributed by atoms with E-state index in [1.165, 1.54) is 0 Å². The first-order chi connectivity index (χ1) is 9.67. The molecule has 3 aromatic rings. The number of hydrogen-bond acceptors (Lipinski definition) is 2. The van der Waals surface area contributed by atoms with Gasteiger partial charge in [0.05, 0.1) is 13.0 Å². The van der Waals surface area contributed by atoms with Crippen molar-refractivity contribution in [2.75, 3.05) is 6.61 Å². The summed E-state index contributed by atoms with van der Waals surface area (Å²) in [4.78, 5) is 14.9. The third kappa shape index (κ3) is 3.03. The van der Waals surface area contributed by atoms with Gasteiger partial charge in [-0.05, 0) is 36.8 Å². The van der Waals surface area contributed by atoms with Gasteiger partial charge in [-0.3, -0.25) is 4.79 Å². The Kier molecular flexibility index (Phi) is 4.53. The highest BCUT2D eigenvalue weighted by Gasteiger charge is 2.08. The first kappa shape index (κ1) is 15.4. The van der Waals surface area contributed by atoms with Crippen LogP contribution in [0, 0.1) is 0 Å². The Morgan fingerprint density at radius 2 is 1.95 bits per heavy atom. The molecule has 2 aromatic carbocycles. The number of carbonyl (C=O) groups excluding carboxylic acids is 1. The molecule has 0 fully saturated rings. The van der Waals surface area contributed by atoms with Gasteiger partial charge in [0, 0.05) is 26.8 Å². The van der Waals surface area contributed by atoms with Gasteiger partial charge in [-0.2, -0.15) is 0 Å². The number of esters is 1. The predicted octanol–water partition coefficient (Wildman–Crippen LogP) is 4.72. The molecule has 0 spiro atoms. The van der Waals surface area contributed by atoms with E-state index in [0.717, 1.165) is 27.4 Å². The van der Waals surface area contributed by atoms with Gasteiger partial charge in [-0.25, -0.2) is 0 Å². The molecule has 0 amide bonds. The minimum absolute atomic E-state index is 0. The first-order valence-electron chi connectivity index (χ1n) is 6.53. The minimum atomic E-state index is -0.203. The van der Waals surface area contributed by atoms with Crippen LogP contribution in [-0.4, -0.2) is 17.6 Å². The number of halogens is 1. The molecule has 0 bridgehead atoms. The Morgan fingerprint density at radius 3 is 2.71 bits per heavy atom. The van der Waals surface area contributed by atoms with Gasteiger partial charge in [0.25, 0.3) is 0 Å². The van der Waals surface area contributed by atoms with Gasteiger partial charge >= 0.3 is 5.97 Å². The van der Waals surface area contributed by atoms with E-state index in [0.29, 0.717) is 18.1 Å². The summed E-state index contributed by atoms with van der Waals surface area (Å²) in [5.41, 5.74) is 2.98. The van der Waals surface area contributed by atoms with Crippen molar-refractivity contribution in [3.05, 3.63) is 47.0 Å². The number of H-pyrrole nitrogens is 1. The fraction of sp³-hybridized carbons (Fsp3) is 0.235. The second-order valence-electron chi connectivity index (χ2n) is 4.68. The van der Waals surface area contributed by atoms with Crippen molar-refractivity contribution < 1.29 is 9.53 Å². The largest absolute Gasteiger partial charge is 0.466 e. The number of benzene rings is 2. The Bertz CT molecular complexity index is 792. The quantitative estimate of drug-likeness (QED) is 0.712. The van der Waals surface area contributed by atoms with Crippen LogP contribution in [0.3, 0.4) is 0 Å². The average molecular weight is 304 g/mol. The zero-order chi connectivity index (χ0) is 14.1. The highest BCUT2D eigenvalue weighted by atomic mass is 35.5. The molecule has 1 heterocycles. The van der Waals surface area contributed by atoms with Crippen LogP contribution >= 0.6 is 11.6 Å². The van der Waals surface area contributed by atoms with E-state index in [1.807, 2.05) is 43.3 Å². The molecule has 0 aliphatic rings. The summed E-state index contributed by atoms with van der Waals surface area (Å²) >= 11 is 6.04. The topological polar surface area (TPSA) is 42.1 Å². The Morgan fingerprint density at radius 1 is 1.14 bits per heavy atom. The average Bonchev–Trinajstić information content (AvgIpc) is 2.76. The highest BCUT2D eigenvalue weighted by molar-refractivity contribution is 6.31. The Labute approximate surface area is 128 Å². The minimum Gasteiger partial charge on any atom is -0.466 e. The fourth-order valence-corrected chi connectivity index (χ4v) is 2.58. The molecule has 0 saturated heterocycles.